The Morgan fingerprint density at radius 3 is 2.25 bits per heavy atom. The molecule has 1 aromatic carbocycles. The summed E-state index contributed by atoms with van der Waals surface area (Å²) in [6.45, 7) is 15.1. The summed E-state index contributed by atoms with van der Waals surface area (Å²) in [7, 11) is -3.53. The van der Waals surface area contributed by atoms with E-state index in [0.717, 1.165) is 5.75 Å². The van der Waals surface area contributed by atoms with Gasteiger partial charge in [0.15, 0.2) is 12.3 Å². The van der Waals surface area contributed by atoms with Crippen molar-refractivity contribution in [2.45, 2.75) is 64.0 Å². The molecule has 1 aliphatic heterocycles. The first-order valence-corrected chi connectivity index (χ1v) is 11.8. The lowest BCUT2D eigenvalue weighted by atomic mass is 10.2. The highest BCUT2D eigenvalue weighted by molar-refractivity contribution is 7.81. The predicted octanol–water partition coefficient (Wildman–Crippen LogP) is 3.88. The zero-order chi connectivity index (χ0) is 18.2. The number of para-hydroxylation sites is 1. The molecule has 1 aromatic rings. The summed E-state index contributed by atoms with van der Waals surface area (Å²) in [5.74, 6) is 0.823. The van der Waals surface area contributed by atoms with E-state index in [0.29, 0.717) is 6.61 Å². The Labute approximate surface area is 149 Å². The molecule has 3 unspecified atom stereocenters. The van der Waals surface area contributed by atoms with Gasteiger partial charge in [0.2, 0.25) is 0 Å². The van der Waals surface area contributed by atoms with Crippen molar-refractivity contribution in [3.63, 3.8) is 0 Å². The van der Waals surface area contributed by atoms with Crippen LogP contribution in [0.15, 0.2) is 30.3 Å². The van der Waals surface area contributed by atoms with E-state index < -0.39 is 19.5 Å². The van der Waals surface area contributed by atoms with Gasteiger partial charge in [-0.15, -0.1) is 0 Å². The maximum atomic E-state index is 13.1. The fourth-order valence-corrected chi connectivity index (χ4v) is 8.62. The molecule has 2 rings (SSSR count). The second-order valence-corrected chi connectivity index (χ2v) is 15.0. The molecule has 1 aliphatic rings. The van der Waals surface area contributed by atoms with Crippen LogP contribution in [0.2, 0.25) is 11.6 Å². The van der Waals surface area contributed by atoms with E-state index in [2.05, 4.69) is 27.3 Å². The Hall–Kier alpha value is -0.983. The summed E-state index contributed by atoms with van der Waals surface area (Å²) in [5, 5.41) is -0.0636. The van der Waals surface area contributed by atoms with Gasteiger partial charge in [0.05, 0.1) is 4.75 Å². The first kappa shape index (κ1) is 19.3. The number of hydrogen-bond acceptors (Lipinski definition) is 3. The molecule has 0 aliphatic carbocycles. The smallest absolute Gasteiger partial charge is 0.490 e. The number of benzene rings is 1. The molecule has 0 aromatic heterocycles. The van der Waals surface area contributed by atoms with Gasteiger partial charge in [0, 0.05) is 11.6 Å². The lowest BCUT2D eigenvalue weighted by Crippen LogP contribution is -2.54. The van der Waals surface area contributed by atoms with E-state index in [1.165, 1.54) is 0 Å². The van der Waals surface area contributed by atoms with Gasteiger partial charge in [-0.05, 0) is 32.9 Å². The van der Waals surface area contributed by atoms with Crippen molar-refractivity contribution < 1.29 is 17.0 Å². The molecule has 0 spiro atoms. The summed E-state index contributed by atoms with van der Waals surface area (Å²) in [6, 6.07) is 9.72. The van der Waals surface area contributed by atoms with Crippen molar-refractivity contribution in [3.8, 4) is 5.75 Å². The molecule has 0 saturated heterocycles. The van der Waals surface area contributed by atoms with Gasteiger partial charge in [-0.3, -0.25) is 0 Å². The molecule has 6 heteroatoms. The first-order valence-electron chi connectivity index (χ1n) is 8.37. The molecule has 0 amide bonds. The van der Waals surface area contributed by atoms with Crippen LogP contribution in [-0.2, 0) is 15.4 Å². The van der Waals surface area contributed by atoms with Gasteiger partial charge >= 0.3 is 8.48 Å². The normalized spacial score (nSPS) is 26.1. The predicted molar refractivity (Wildman–Crippen MR) is 102 cm³/mol. The summed E-state index contributed by atoms with van der Waals surface area (Å²) in [5.41, 5.74) is 0. The van der Waals surface area contributed by atoms with Crippen LogP contribution in [-0.4, -0.2) is 40.0 Å². The molecule has 24 heavy (non-hydrogen) atoms. The van der Waals surface area contributed by atoms with Gasteiger partial charge in [0.25, 0.3) is 11.0 Å². The highest BCUT2D eigenvalue weighted by Gasteiger charge is 2.64. The van der Waals surface area contributed by atoms with Crippen LogP contribution < -0.4 is 4.74 Å². The van der Waals surface area contributed by atoms with E-state index in [9.17, 15) is 4.21 Å². The standard InChI is InChI=1S/C18H30NO3SSi/c1-17(2,3)23(20)19-13-16(22-24(19,7)18(4,5)6)14-21-15-11-9-8-10-12-15/h8-13,16H,14H2,1-7H3/q+1. The molecular formula is C18H30NO3SSi+. The van der Waals surface area contributed by atoms with E-state index in [1.54, 1.807) is 0 Å². The largest absolute Gasteiger partial charge is 0.530 e. The SMILES string of the molecule is CC(C)(C)S(=O)[N+]1=CC(COc2ccccc2)O[Si]1(C)C(C)(C)C. The topological polar surface area (TPSA) is 38.5 Å². The lowest BCUT2D eigenvalue weighted by molar-refractivity contribution is -0.220. The quantitative estimate of drug-likeness (QED) is 0.757. The first-order chi connectivity index (χ1) is 10.9. The second kappa shape index (κ2) is 6.73. The molecule has 3 atom stereocenters. The van der Waals surface area contributed by atoms with Crippen LogP contribution in [0.3, 0.4) is 0 Å². The van der Waals surface area contributed by atoms with Crippen LogP contribution in [0.5, 0.6) is 5.75 Å². The molecule has 1 heterocycles. The van der Waals surface area contributed by atoms with E-state index in [-0.39, 0.29) is 15.9 Å². The maximum Gasteiger partial charge on any atom is 0.530 e. The van der Waals surface area contributed by atoms with Gasteiger partial charge in [-0.1, -0.05) is 39.0 Å². The monoisotopic (exact) mass is 368 g/mol. The second-order valence-electron chi connectivity index (χ2n) is 8.35. The van der Waals surface area contributed by atoms with Crippen LogP contribution >= 0.6 is 0 Å². The number of rotatable bonds is 4. The third-order valence-electron chi connectivity index (χ3n) is 4.35. The fraction of sp³-hybridized carbons (Fsp3) is 0.611. The third kappa shape index (κ3) is 3.98. The zero-order valence-electron chi connectivity index (χ0n) is 15.8. The Balaban J connectivity index is 2.24. The summed E-state index contributed by atoms with van der Waals surface area (Å²) in [6.07, 6.45) is 1.81. The molecule has 4 nitrogen and oxygen atoms in total. The summed E-state index contributed by atoms with van der Waals surface area (Å²) >= 11 is 0. The van der Waals surface area contributed by atoms with Crippen molar-refractivity contribution >= 4 is 25.7 Å². The number of hydrogen-bond donors (Lipinski definition) is 0. The highest BCUT2D eigenvalue weighted by Crippen LogP contribution is 2.41. The molecule has 0 radical (unpaired) electrons. The fourth-order valence-electron chi connectivity index (χ4n) is 2.46. The molecular weight excluding hydrogens is 338 g/mol. The minimum atomic E-state index is -2.39. The number of nitrogens with zero attached hydrogens (tertiary/aromatic N) is 1. The van der Waals surface area contributed by atoms with Crippen LogP contribution in [0.4, 0.5) is 0 Å². The van der Waals surface area contributed by atoms with E-state index >= 15 is 0 Å². The molecule has 0 saturated carbocycles. The Morgan fingerprint density at radius 1 is 1.17 bits per heavy atom. The van der Waals surface area contributed by atoms with E-state index in [4.69, 9.17) is 9.16 Å². The zero-order valence-corrected chi connectivity index (χ0v) is 17.6. The van der Waals surface area contributed by atoms with Crippen molar-refractivity contribution in [2.24, 2.45) is 0 Å². The number of ether oxygens (including phenoxy) is 1. The van der Waals surface area contributed by atoms with Gasteiger partial charge in [0.1, 0.15) is 12.4 Å². The van der Waals surface area contributed by atoms with E-state index in [1.807, 2.05) is 61.0 Å². The maximum absolute atomic E-state index is 13.1. The summed E-state index contributed by atoms with van der Waals surface area (Å²) in [4.78, 5) is 0. The lowest BCUT2D eigenvalue weighted by Gasteiger charge is -2.31. The van der Waals surface area contributed by atoms with Crippen molar-refractivity contribution in [2.75, 3.05) is 6.61 Å². The molecule has 0 fully saturated rings. The third-order valence-corrected chi connectivity index (χ3v) is 12.0. The molecule has 134 valence electrons. The summed E-state index contributed by atoms with van der Waals surface area (Å²) < 4.78 is 27.1. The van der Waals surface area contributed by atoms with Crippen LogP contribution in [0.25, 0.3) is 0 Å². The Bertz CT molecular complexity index is 634. The Kier molecular flexibility index (Phi) is 5.42. The average Bonchev–Trinajstić information content (AvgIpc) is 2.82. The minimum Gasteiger partial charge on any atom is -0.490 e. The van der Waals surface area contributed by atoms with Crippen LogP contribution in [0, 0.1) is 0 Å². The average molecular weight is 369 g/mol. The van der Waals surface area contributed by atoms with Crippen LogP contribution in [0.1, 0.15) is 41.5 Å². The highest BCUT2D eigenvalue weighted by atomic mass is 32.2. The van der Waals surface area contributed by atoms with Crippen molar-refractivity contribution in [1.29, 1.82) is 0 Å². The van der Waals surface area contributed by atoms with Crippen molar-refractivity contribution in [1.82, 2.24) is 0 Å². The minimum absolute atomic E-state index is 0.0636. The van der Waals surface area contributed by atoms with Crippen molar-refractivity contribution in [3.05, 3.63) is 30.3 Å². The molecule has 0 bridgehead atoms. The van der Waals surface area contributed by atoms with Gasteiger partial charge < -0.3 is 9.16 Å². The van der Waals surface area contributed by atoms with Gasteiger partial charge in [-0.25, -0.2) is 0 Å². The molecule has 0 N–H and O–H groups in total. The Morgan fingerprint density at radius 2 is 1.75 bits per heavy atom. The van der Waals surface area contributed by atoms with Gasteiger partial charge in [-0.2, -0.15) is 7.86 Å².